The third-order valence-electron chi connectivity index (χ3n) is 2.36. The topological polar surface area (TPSA) is 12.0 Å². The second-order valence-electron chi connectivity index (χ2n) is 3.57. The molecular weight excluding hydrogens is 166 g/mol. The largest absolute Gasteiger partial charge is 0.313 e. The molecule has 1 rings (SSSR count). The van der Waals surface area contributed by atoms with Gasteiger partial charge in [-0.05, 0) is 31.2 Å². The molecule has 0 saturated carbocycles. The molecule has 0 aliphatic carbocycles. The van der Waals surface area contributed by atoms with Gasteiger partial charge < -0.3 is 5.32 Å². The van der Waals surface area contributed by atoms with Gasteiger partial charge in [-0.2, -0.15) is 0 Å². The van der Waals surface area contributed by atoms with Crippen molar-refractivity contribution in [2.45, 2.75) is 39.0 Å². The molecule has 0 aromatic rings. The van der Waals surface area contributed by atoms with Gasteiger partial charge in [-0.25, -0.2) is 0 Å². The minimum Gasteiger partial charge on any atom is -0.313 e. The third kappa shape index (κ3) is 2.27. The van der Waals surface area contributed by atoms with Crippen LogP contribution in [0.15, 0.2) is 11.0 Å². The highest BCUT2D eigenvalue weighted by atomic mass is 32.2. The molecule has 0 radical (unpaired) electrons. The number of allylic oxidation sites excluding steroid dienone is 2. The normalized spacial score (nSPS) is 31.8. The first-order valence-electron chi connectivity index (χ1n) is 4.73. The molecule has 12 heavy (non-hydrogen) atoms. The maximum atomic E-state index is 3.48. The van der Waals surface area contributed by atoms with Crippen LogP contribution < -0.4 is 5.32 Å². The lowest BCUT2D eigenvalue weighted by atomic mass is 10.0. The Morgan fingerprint density at radius 2 is 2.33 bits per heavy atom. The van der Waals surface area contributed by atoms with Crippen molar-refractivity contribution in [2.24, 2.45) is 5.92 Å². The quantitative estimate of drug-likeness (QED) is 0.725. The van der Waals surface area contributed by atoms with Crippen LogP contribution in [0.1, 0.15) is 27.7 Å². The summed E-state index contributed by atoms with van der Waals surface area (Å²) in [6.45, 7) is 10.0. The summed E-state index contributed by atoms with van der Waals surface area (Å²) in [7, 11) is 0. The minimum atomic E-state index is 0.628. The summed E-state index contributed by atoms with van der Waals surface area (Å²) in [4.78, 5) is 1.48. The molecule has 70 valence electrons. The summed E-state index contributed by atoms with van der Waals surface area (Å²) in [6, 6.07) is 0.628. The van der Waals surface area contributed by atoms with Crippen LogP contribution in [0.5, 0.6) is 0 Å². The number of hydrogen-bond acceptors (Lipinski definition) is 2. The van der Waals surface area contributed by atoms with Crippen molar-refractivity contribution in [1.29, 1.82) is 0 Å². The first-order chi connectivity index (χ1) is 5.65. The van der Waals surface area contributed by atoms with Gasteiger partial charge in [-0.3, -0.25) is 0 Å². The van der Waals surface area contributed by atoms with Crippen LogP contribution in [0, 0.1) is 5.92 Å². The molecule has 1 aliphatic rings. The van der Waals surface area contributed by atoms with E-state index in [-0.39, 0.29) is 0 Å². The molecule has 1 N–H and O–H groups in total. The summed E-state index contributed by atoms with van der Waals surface area (Å²) < 4.78 is 0. The molecule has 3 unspecified atom stereocenters. The Morgan fingerprint density at radius 3 is 2.75 bits per heavy atom. The summed E-state index contributed by atoms with van der Waals surface area (Å²) in [5, 5.41) is 4.22. The van der Waals surface area contributed by atoms with Crippen molar-refractivity contribution in [3.8, 4) is 0 Å². The van der Waals surface area contributed by atoms with Crippen LogP contribution in [-0.4, -0.2) is 17.8 Å². The molecule has 3 atom stereocenters. The molecular formula is C10H19NS. The van der Waals surface area contributed by atoms with Crippen LogP contribution in [-0.2, 0) is 0 Å². The van der Waals surface area contributed by atoms with E-state index in [1.54, 1.807) is 0 Å². The van der Waals surface area contributed by atoms with Gasteiger partial charge in [0.15, 0.2) is 0 Å². The minimum absolute atomic E-state index is 0.628. The molecule has 0 spiro atoms. The molecule has 0 aromatic carbocycles. The van der Waals surface area contributed by atoms with Gasteiger partial charge in [-0.15, -0.1) is 11.8 Å². The molecule has 0 fully saturated rings. The van der Waals surface area contributed by atoms with E-state index in [0.717, 1.165) is 17.7 Å². The van der Waals surface area contributed by atoms with Crippen LogP contribution >= 0.6 is 11.8 Å². The zero-order chi connectivity index (χ0) is 9.14. The van der Waals surface area contributed by atoms with Gasteiger partial charge in [0.1, 0.15) is 0 Å². The predicted molar refractivity (Wildman–Crippen MR) is 57.4 cm³/mol. The Kier molecular flexibility index (Phi) is 3.66. The fraction of sp³-hybridized carbons (Fsp3) is 0.800. The van der Waals surface area contributed by atoms with Crippen molar-refractivity contribution in [3.63, 3.8) is 0 Å². The highest BCUT2D eigenvalue weighted by molar-refractivity contribution is 8.03. The van der Waals surface area contributed by atoms with Crippen LogP contribution in [0.4, 0.5) is 0 Å². The van der Waals surface area contributed by atoms with Gasteiger partial charge in [0.2, 0.25) is 0 Å². The van der Waals surface area contributed by atoms with E-state index in [1.165, 1.54) is 4.91 Å². The molecule has 1 nitrogen and oxygen atoms in total. The maximum Gasteiger partial charge on any atom is 0.0302 e. The summed E-state index contributed by atoms with van der Waals surface area (Å²) >= 11 is 2.02. The average molecular weight is 185 g/mol. The van der Waals surface area contributed by atoms with E-state index in [4.69, 9.17) is 0 Å². The number of thioether (sulfide) groups is 1. The molecule has 0 amide bonds. The Hall–Kier alpha value is 0.0500. The van der Waals surface area contributed by atoms with Crippen LogP contribution in [0.25, 0.3) is 0 Å². The summed E-state index contributed by atoms with van der Waals surface area (Å²) in [5.74, 6) is 0.726. The number of hydrogen-bond donors (Lipinski definition) is 1. The highest BCUT2D eigenvalue weighted by Gasteiger charge is 2.27. The third-order valence-corrected chi connectivity index (χ3v) is 3.97. The number of rotatable bonds is 3. The van der Waals surface area contributed by atoms with E-state index in [1.807, 2.05) is 11.8 Å². The Labute approximate surface area is 80.0 Å². The zero-order valence-corrected chi connectivity index (χ0v) is 9.24. The predicted octanol–water partition coefficient (Wildman–Crippen LogP) is 2.64. The molecule has 1 heterocycles. The summed E-state index contributed by atoms with van der Waals surface area (Å²) in [6.07, 6.45) is 2.38. The van der Waals surface area contributed by atoms with Crippen LogP contribution in [0.2, 0.25) is 0 Å². The van der Waals surface area contributed by atoms with Gasteiger partial charge in [0.25, 0.3) is 0 Å². The standard InChI is InChI=1S/C10H19NS/c1-5-11-9(4)10-7(2)6-8(3)12-10/h6-7,9-11H,5H2,1-4H3. The van der Waals surface area contributed by atoms with Gasteiger partial charge in [-0.1, -0.05) is 19.9 Å². The van der Waals surface area contributed by atoms with Crippen molar-refractivity contribution in [1.82, 2.24) is 5.32 Å². The SMILES string of the molecule is CCNC(C)C1SC(C)=CC1C. The lowest BCUT2D eigenvalue weighted by molar-refractivity contribution is 0.495. The van der Waals surface area contributed by atoms with E-state index in [9.17, 15) is 0 Å². The van der Waals surface area contributed by atoms with Crippen LogP contribution in [0.3, 0.4) is 0 Å². The van der Waals surface area contributed by atoms with E-state index >= 15 is 0 Å². The lowest BCUT2D eigenvalue weighted by Gasteiger charge is -2.23. The summed E-state index contributed by atoms with van der Waals surface area (Å²) in [5.41, 5.74) is 0. The van der Waals surface area contributed by atoms with E-state index < -0.39 is 0 Å². The van der Waals surface area contributed by atoms with Gasteiger partial charge >= 0.3 is 0 Å². The fourth-order valence-corrected chi connectivity index (χ4v) is 3.14. The second-order valence-corrected chi connectivity index (χ2v) is 4.99. The Morgan fingerprint density at radius 1 is 1.67 bits per heavy atom. The molecule has 0 bridgehead atoms. The molecule has 2 heteroatoms. The van der Waals surface area contributed by atoms with Gasteiger partial charge in [0.05, 0.1) is 0 Å². The molecule has 0 aromatic heterocycles. The Balaban J connectivity index is 2.45. The highest BCUT2D eigenvalue weighted by Crippen LogP contribution is 2.37. The van der Waals surface area contributed by atoms with E-state index in [2.05, 4.69) is 39.1 Å². The monoisotopic (exact) mass is 185 g/mol. The van der Waals surface area contributed by atoms with Crippen molar-refractivity contribution in [2.75, 3.05) is 6.54 Å². The van der Waals surface area contributed by atoms with Crippen molar-refractivity contribution < 1.29 is 0 Å². The van der Waals surface area contributed by atoms with Crippen molar-refractivity contribution >= 4 is 11.8 Å². The molecule has 1 aliphatic heterocycles. The first-order valence-corrected chi connectivity index (χ1v) is 5.61. The smallest absolute Gasteiger partial charge is 0.0302 e. The Bertz CT molecular complexity index is 177. The van der Waals surface area contributed by atoms with Crippen molar-refractivity contribution in [3.05, 3.63) is 11.0 Å². The maximum absolute atomic E-state index is 3.48. The second kappa shape index (κ2) is 4.33. The zero-order valence-electron chi connectivity index (χ0n) is 8.42. The van der Waals surface area contributed by atoms with Gasteiger partial charge in [0, 0.05) is 11.3 Å². The molecule has 0 saturated heterocycles. The lowest BCUT2D eigenvalue weighted by Crippen LogP contribution is -2.37. The fourth-order valence-electron chi connectivity index (χ4n) is 1.82. The van der Waals surface area contributed by atoms with E-state index in [0.29, 0.717) is 6.04 Å². The number of nitrogens with one attached hydrogen (secondary N) is 1. The average Bonchev–Trinajstić information content (AvgIpc) is 2.30. The first kappa shape index (κ1) is 10.1.